The van der Waals surface area contributed by atoms with E-state index in [1.54, 1.807) is 0 Å². The predicted octanol–water partition coefficient (Wildman–Crippen LogP) is 5.89. The summed E-state index contributed by atoms with van der Waals surface area (Å²) in [5.74, 6) is -0.143. The molecule has 2 aromatic carbocycles. The minimum Gasteiger partial charge on any atom is -0.507 e. The lowest BCUT2D eigenvalue weighted by Gasteiger charge is -2.18. The summed E-state index contributed by atoms with van der Waals surface area (Å²) >= 11 is 0. The van der Waals surface area contributed by atoms with Crippen molar-refractivity contribution in [2.75, 3.05) is 13.1 Å². The third kappa shape index (κ3) is 4.99. The standard InChI is InChI=1S/C25H31NO2/c1-7-26(8-2)16-20-10-13-21(14-11-20)25(28)24(19(6)27)23-15-22(17(3)4)12-9-18(23)5/h9-15,28H,3,7-8,16H2,1-2,4-6H3/b25-24+. The van der Waals surface area contributed by atoms with E-state index in [2.05, 4.69) is 25.3 Å². The first kappa shape index (κ1) is 21.6. The normalized spacial score (nSPS) is 12.1. The second-order valence-corrected chi connectivity index (χ2v) is 7.25. The third-order valence-corrected chi connectivity index (χ3v) is 5.12. The van der Waals surface area contributed by atoms with E-state index < -0.39 is 0 Å². The lowest BCUT2D eigenvalue weighted by molar-refractivity contribution is -0.111. The molecule has 3 nitrogen and oxygen atoms in total. The van der Waals surface area contributed by atoms with Crippen molar-refractivity contribution in [3.05, 3.63) is 76.9 Å². The second-order valence-electron chi connectivity index (χ2n) is 7.25. The van der Waals surface area contributed by atoms with Crippen LogP contribution in [0.1, 0.15) is 55.5 Å². The first-order chi connectivity index (χ1) is 13.3. The first-order valence-corrected chi connectivity index (χ1v) is 9.81. The second kappa shape index (κ2) is 9.52. The highest BCUT2D eigenvalue weighted by molar-refractivity contribution is 6.26. The maximum Gasteiger partial charge on any atom is 0.164 e. The number of carbonyl (C=O) groups is 1. The molecule has 0 aliphatic rings. The molecule has 2 rings (SSSR count). The number of rotatable bonds is 8. The summed E-state index contributed by atoms with van der Waals surface area (Å²) in [6, 6.07) is 13.7. The fourth-order valence-electron chi connectivity index (χ4n) is 3.26. The van der Waals surface area contributed by atoms with Gasteiger partial charge in [0.2, 0.25) is 0 Å². The third-order valence-electron chi connectivity index (χ3n) is 5.12. The fraction of sp³-hybridized carbons (Fsp3) is 0.320. The number of allylic oxidation sites excluding steroid dienone is 2. The maximum atomic E-state index is 12.4. The molecule has 3 heteroatoms. The van der Waals surface area contributed by atoms with E-state index in [0.717, 1.165) is 41.9 Å². The smallest absolute Gasteiger partial charge is 0.164 e. The lowest BCUT2D eigenvalue weighted by atomic mass is 9.91. The van der Waals surface area contributed by atoms with Gasteiger partial charge >= 0.3 is 0 Å². The highest BCUT2D eigenvalue weighted by Crippen LogP contribution is 2.30. The van der Waals surface area contributed by atoms with Gasteiger partial charge in [0.15, 0.2) is 5.78 Å². The number of aryl methyl sites for hydroxylation is 1. The largest absolute Gasteiger partial charge is 0.507 e. The molecule has 0 spiro atoms. The number of hydrogen-bond donors (Lipinski definition) is 1. The Morgan fingerprint density at radius 3 is 2.07 bits per heavy atom. The first-order valence-electron chi connectivity index (χ1n) is 9.81. The topological polar surface area (TPSA) is 40.5 Å². The van der Waals surface area contributed by atoms with E-state index in [1.165, 1.54) is 12.5 Å². The summed E-state index contributed by atoms with van der Waals surface area (Å²) in [5, 5.41) is 10.9. The Kier molecular flexibility index (Phi) is 7.36. The highest BCUT2D eigenvalue weighted by atomic mass is 16.3. The molecule has 0 aromatic heterocycles. The van der Waals surface area contributed by atoms with Gasteiger partial charge in [-0.3, -0.25) is 9.69 Å². The summed E-state index contributed by atoms with van der Waals surface area (Å²) < 4.78 is 0. The van der Waals surface area contributed by atoms with E-state index in [4.69, 9.17) is 0 Å². The molecular weight excluding hydrogens is 346 g/mol. The van der Waals surface area contributed by atoms with Gasteiger partial charge in [-0.1, -0.05) is 62.4 Å². The van der Waals surface area contributed by atoms with E-state index >= 15 is 0 Å². The Morgan fingerprint density at radius 1 is 1.00 bits per heavy atom. The molecule has 0 aliphatic carbocycles. The number of carbonyl (C=O) groups excluding carboxylic acids is 1. The Hall–Kier alpha value is -2.65. The Labute approximate surface area is 169 Å². The number of aliphatic hydroxyl groups excluding tert-OH is 1. The molecule has 148 valence electrons. The van der Waals surface area contributed by atoms with Gasteiger partial charge in [0, 0.05) is 12.1 Å². The average molecular weight is 378 g/mol. The van der Waals surface area contributed by atoms with Gasteiger partial charge in [0.05, 0.1) is 5.57 Å². The molecule has 0 aliphatic heterocycles. The summed E-state index contributed by atoms with van der Waals surface area (Å²) in [7, 11) is 0. The minimum atomic E-state index is -0.160. The number of aliphatic hydroxyl groups is 1. The molecule has 0 bridgehead atoms. The van der Waals surface area contributed by atoms with Crippen molar-refractivity contribution in [1.29, 1.82) is 0 Å². The van der Waals surface area contributed by atoms with Crippen molar-refractivity contribution in [3.8, 4) is 0 Å². The SMILES string of the molecule is C=C(C)c1ccc(C)c(/C(C(C)=O)=C(/O)c2ccc(CN(CC)CC)cc2)c1. The molecule has 0 unspecified atom stereocenters. The van der Waals surface area contributed by atoms with Crippen LogP contribution < -0.4 is 0 Å². The summed E-state index contributed by atoms with van der Waals surface area (Å²) in [4.78, 5) is 14.8. The van der Waals surface area contributed by atoms with Gasteiger partial charge < -0.3 is 5.11 Å². The molecule has 0 radical (unpaired) electrons. The van der Waals surface area contributed by atoms with Crippen LogP contribution in [0.2, 0.25) is 0 Å². The number of nitrogens with zero attached hydrogens (tertiary/aromatic N) is 1. The summed E-state index contributed by atoms with van der Waals surface area (Å²) in [6.45, 7) is 16.5. The van der Waals surface area contributed by atoms with Crippen LogP contribution in [0.15, 0.2) is 49.0 Å². The van der Waals surface area contributed by atoms with E-state index in [1.807, 2.05) is 56.3 Å². The van der Waals surface area contributed by atoms with Crippen molar-refractivity contribution < 1.29 is 9.90 Å². The van der Waals surface area contributed by atoms with Crippen molar-refractivity contribution in [1.82, 2.24) is 4.90 Å². The molecule has 0 saturated heterocycles. The minimum absolute atomic E-state index is 0.0175. The highest BCUT2D eigenvalue weighted by Gasteiger charge is 2.18. The zero-order chi connectivity index (χ0) is 20.8. The maximum absolute atomic E-state index is 12.4. The van der Waals surface area contributed by atoms with Crippen LogP contribution in [0.25, 0.3) is 16.9 Å². The molecule has 2 aromatic rings. The van der Waals surface area contributed by atoms with Crippen LogP contribution in [0, 0.1) is 6.92 Å². The van der Waals surface area contributed by atoms with Gasteiger partial charge in [-0.15, -0.1) is 0 Å². The van der Waals surface area contributed by atoms with Crippen molar-refractivity contribution in [3.63, 3.8) is 0 Å². The summed E-state index contributed by atoms with van der Waals surface area (Å²) in [5.41, 5.74) is 5.75. The van der Waals surface area contributed by atoms with E-state index in [-0.39, 0.29) is 11.5 Å². The number of hydrogen-bond acceptors (Lipinski definition) is 3. The van der Waals surface area contributed by atoms with Crippen LogP contribution in [0.3, 0.4) is 0 Å². The monoisotopic (exact) mass is 377 g/mol. The van der Waals surface area contributed by atoms with Crippen LogP contribution in [0.4, 0.5) is 0 Å². The Bertz CT molecular complexity index is 887. The number of ketones is 1. The van der Waals surface area contributed by atoms with Crippen LogP contribution in [-0.4, -0.2) is 28.9 Å². The zero-order valence-corrected chi connectivity index (χ0v) is 17.7. The Balaban J connectivity index is 2.48. The van der Waals surface area contributed by atoms with Crippen molar-refractivity contribution in [2.24, 2.45) is 0 Å². The number of benzene rings is 2. The molecular formula is C25H31NO2. The lowest BCUT2D eigenvalue weighted by Crippen LogP contribution is -2.22. The van der Waals surface area contributed by atoms with Gasteiger partial charge in [-0.2, -0.15) is 0 Å². The molecule has 0 saturated carbocycles. The molecule has 1 N–H and O–H groups in total. The average Bonchev–Trinajstić information content (AvgIpc) is 2.67. The zero-order valence-electron chi connectivity index (χ0n) is 17.7. The molecule has 0 atom stereocenters. The molecule has 0 heterocycles. The fourth-order valence-corrected chi connectivity index (χ4v) is 3.26. The van der Waals surface area contributed by atoms with E-state index in [9.17, 15) is 9.90 Å². The number of Topliss-reactive ketones (excluding diaryl/α,β-unsaturated/α-hetero) is 1. The molecule has 28 heavy (non-hydrogen) atoms. The summed E-state index contributed by atoms with van der Waals surface area (Å²) in [6.07, 6.45) is 0. The Morgan fingerprint density at radius 2 is 1.57 bits per heavy atom. The van der Waals surface area contributed by atoms with Crippen LogP contribution >= 0.6 is 0 Å². The van der Waals surface area contributed by atoms with Gasteiger partial charge in [-0.05, 0) is 62.2 Å². The van der Waals surface area contributed by atoms with Gasteiger partial charge in [-0.25, -0.2) is 0 Å². The van der Waals surface area contributed by atoms with Gasteiger partial charge in [0.25, 0.3) is 0 Å². The van der Waals surface area contributed by atoms with Crippen LogP contribution in [-0.2, 0) is 11.3 Å². The van der Waals surface area contributed by atoms with Crippen molar-refractivity contribution >= 4 is 22.7 Å². The van der Waals surface area contributed by atoms with Crippen LogP contribution in [0.5, 0.6) is 0 Å². The predicted molar refractivity (Wildman–Crippen MR) is 119 cm³/mol. The van der Waals surface area contributed by atoms with E-state index in [0.29, 0.717) is 11.1 Å². The molecule has 0 fully saturated rings. The van der Waals surface area contributed by atoms with Crippen molar-refractivity contribution in [2.45, 2.75) is 41.2 Å². The quantitative estimate of drug-likeness (QED) is 0.354. The van der Waals surface area contributed by atoms with Gasteiger partial charge in [0.1, 0.15) is 5.76 Å². The molecule has 0 amide bonds.